The molecule has 2 heterocycles. The summed E-state index contributed by atoms with van der Waals surface area (Å²) >= 11 is 3.43. The van der Waals surface area contributed by atoms with Gasteiger partial charge in [-0.3, -0.25) is 0 Å². The molecule has 0 spiro atoms. The minimum Gasteiger partial charge on any atom is -0.383 e. The quantitative estimate of drug-likeness (QED) is 0.911. The van der Waals surface area contributed by atoms with Gasteiger partial charge in [0.05, 0.1) is 10.2 Å². The fourth-order valence-electron chi connectivity index (χ4n) is 1.53. The normalized spacial score (nSPS) is 11.1. The predicted octanol–water partition coefficient (Wildman–Crippen LogP) is 2.41. The van der Waals surface area contributed by atoms with Crippen LogP contribution in [0.1, 0.15) is 19.5 Å². The van der Waals surface area contributed by atoms with Crippen LogP contribution < -0.4 is 5.73 Å². The first-order valence-corrected chi connectivity index (χ1v) is 6.19. The molecule has 2 aromatic heterocycles. The van der Waals surface area contributed by atoms with Gasteiger partial charge in [0.1, 0.15) is 5.82 Å². The van der Waals surface area contributed by atoms with Crippen molar-refractivity contribution in [1.29, 1.82) is 0 Å². The number of halogens is 1. The van der Waals surface area contributed by atoms with Crippen molar-refractivity contribution in [2.45, 2.75) is 20.3 Å². The summed E-state index contributed by atoms with van der Waals surface area (Å²) in [5.41, 5.74) is 6.78. The standard InChI is InChI=1S/C11H14BrN5/c1-6(2)5-7-8(12)9(13)17-11(16-7)10-14-3-4-15-10/h3-4,6H,5H2,1-2H3,(H,14,15)(H2,13,16,17). The molecule has 90 valence electrons. The summed E-state index contributed by atoms with van der Waals surface area (Å²) in [4.78, 5) is 15.8. The van der Waals surface area contributed by atoms with E-state index < -0.39 is 0 Å². The van der Waals surface area contributed by atoms with Crippen molar-refractivity contribution in [3.8, 4) is 11.6 Å². The van der Waals surface area contributed by atoms with Crippen molar-refractivity contribution in [3.05, 3.63) is 22.6 Å². The SMILES string of the molecule is CC(C)Cc1nc(-c2ncc[nH]2)nc(N)c1Br. The van der Waals surface area contributed by atoms with E-state index in [0.29, 0.717) is 23.4 Å². The van der Waals surface area contributed by atoms with Crippen molar-refractivity contribution in [2.75, 3.05) is 5.73 Å². The highest BCUT2D eigenvalue weighted by Gasteiger charge is 2.13. The third-order valence-electron chi connectivity index (χ3n) is 2.26. The molecule has 0 bridgehead atoms. The summed E-state index contributed by atoms with van der Waals surface area (Å²) < 4.78 is 0.779. The largest absolute Gasteiger partial charge is 0.383 e. The van der Waals surface area contributed by atoms with E-state index in [-0.39, 0.29) is 0 Å². The number of anilines is 1. The fraction of sp³-hybridized carbons (Fsp3) is 0.364. The monoisotopic (exact) mass is 295 g/mol. The third-order valence-corrected chi connectivity index (χ3v) is 3.12. The van der Waals surface area contributed by atoms with Gasteiger partial charge in [0.15, 0.2) is 11.6 Å². The first-order valence-electron chi connectivity index (χ1n) is 5.39. The van der Waals surface area contributed by atoms with Gasteiger partial charge >= 0.3 is 0 Å². The summed E-state index contributed by atoms with van der Waals surface area (Å²) in [6, 6.07) is 0. The topological polar surface area (TPSA) is 80.5 Å². The van der Waals surface area contributed by atoms with E-state index >= 15 is 0 Å². The number of hydrogen-bond acceptors (Lipinski definition) is 4. The van der Waals surface area contributed by atoms with Crippen LogP contribution in [-0.2, 0) is 6.42 Å². The predicted molar refractivity (Wildman–Crippen MR) is 70.3 cm³/mol. The van der Waals surface area contributed by atoms with Gasteiger partial charge in [-0.2, -0.15) is 0 Å². The molecular weight excluding hydrogens is 282 g/mol. The zero-order valence-corrected chi connectivity index (χ0v) is 11.3. The molecule has 2 rings (SSSR count). The average molecular weight is 296 g/mol. The number of nitrogens with one attached hydrogen (secondary N) is 1. The Balaban J connectivity index is 2.46. The Morgan fingerprint density at radius 1 is 1.41 bits per heavy atom. The van der Waals surface area contributed by atoms with Crippen LogP contribution in [0.3, 0.4) is 0 Å². The highest BCUT2D eigenvalue weighted by atomic mass is 79.9. The van der Waals surface area contributed by atoms with Crippen LogP contribution in [-0.4, -0.2) is 19.9 Å². The van der Waals surface area contributed by atoms with Gasteiger partial charge in [-0.25, -0.2) is 15.0 Å². The maximum atomic E-state index is 5.86. The highest BCUT2D eigenvalue weighted by molar-refractivity contribution is 9.10. The lowest BCUT2D eigenvalue weighted by atomic mass is 10.1. The van der Waals surface area contributed by atoms with Gasteiger partial charge in [-0.15, -0.1) is 0 Å². The third kappa shape index (κ3) is 2.63. The van der Waals surface area contributed by atoms with Crippen LogP contribution in [0.2, 0.25) is 0 Å². The molecule has 0 radical (unpaired) electrons. The van der Waals surface area contributed by atoms with Crippen molar-refractivity contribution in [2.24, 2.45) is 5.92 Å². The lowest BCUT2D eigenvalue weighted by Crippen LogP contribution is -2.06. The van der Waals surface area contributed by atoms with E-state index in [1.807, 2.05) is 0 Å². The number of nitrogen functional groups attached to an aromatic ring is 1. The maximum Gasteiger partial charge on any atom is 0.197 e. The molecule has 0 aliphatic heterocycles. The Morgan fingerprint density at radius 2 is 2.18 bits per heavy atom. The molecule has 0 aliphatic rings. The van der Waals surface area contributed by atoms with Crippen LogP contribution in [0.15, 0.2) is 16.9 Å². The smallest absolute Gasteiger partial charge is 0.197 e. The van der Waals surface area contributed by atoms with E-state index in [9.17, 15) is 0 Å². The van der Waals surface area contributed by atoms with Crippen LogP contribution in [0.5, 0.6) is 0 Å². The summed E-state index contributed by atoms with van der Waals surface area (Å²) in [5.74, 6) is 2.12. The molecular formula is C11H14BrN5. The number of H-pyrrole nitrogens is 1. The summed E-state index contributed by atoms with van der Waals surface area (Å²) in [6.07, 6.45) is 4.25. The molecule has 6 heteroatoms. The minimum absolute atomic E-state index is 0.446. The second kappa shape index (κ2) is 4.83. The van der Waals surface area contributed by atoms with Gasteiger partial charge in [0.2, 0.25) is 0 Å². The molecule has 0 saturated heterocycles. The van der Waals surface area contributed by atoms with Gasteiger partial charge in [-0.05, 0) is 28.3 Å². The van der Waals surface area contributed by atoms with E-state index in [1.54, 1.807) is 12.4 Å². The van der Waals surface area contributed by atoms with E-state index in [1.165, 1.54) is 0 Å². The zero-order valence-electron chi connectivity index (χ0n) is 9.74. The van der Waals surface area contributed by atoms with Crippen molar-refractivity contribution < 1.29 is 0 Å². The Labute approximate surface area is 108 Å². The number of nitrogens with two attached hydrogens (primary N) is 1. The summed E-state index contributed by atoms with van der Waals surface area (Å²) in [5, 5.41) is 0. The number of hydrogen-bond donors (Lipinski definition) is 2. The molecule has 5 nitrogen and oxygen atoms in total. The number of aromatic nitrogens is 4. The van der Waals surface area contributed by atoms with Crippen molar-refractivity contribution >= 4 is 21.7 Å². The molecule has 17 heavy (non-hydrogen) atoms. The number of rotatable bonds is 3. The number of imidazole rings is 1. The fourth-order valence-corrected chi connectivity index (χ4v) is 1.87. The Bertz CT molecular complexity index is 507. The van der Waals surface area contributed by atoms with Gasteiger partial charge in [0.25, 0.3) is 0 Å². The van der Waals surface area contributed by atoms with E-state index in [0.717, 1.165) is 16.6 Å². The van der Waals surface area contributed by atoms with Crippen LogP contribution in [0, 0.1) is 5.92 Å². The summed E-state index contributed by atoms with van der Waals surface area (Å²) in [7, 11) is 0. The first kappa shape index (κ1) is 12.0. The van der Waals surface area contributed by atoms with Crippen LogP contribution >= 0.6 is 15.9 Å². The Kier molecular flexibility index (Phi) is 3.42. The molecule has 0 saturated carbocycles. The van der Waals surface area contributed by atoms with Gasteiger partial charge in [-0.1, -0.05) is 13.8 Å². The van der Waals surface area contributed by atoms with Crippen molar-refractivity contribution in [1.82, 2.24) is 19.9 Å². The van der Waals surface area contributed by atoms with Crippen LogP contribution in [0.25, 0.3) is 11.6 Å². The first-order chi connectivity index (χ1) is 8.08. The zero-order chi connectivity index (χ0) is 12.4. The number of aromatic amines is 1. The molecule has 0 fully saturated rings. The van der Waals surface area contributed by atoms with Crippen molar-refractivity contribution in [3.63, 3.8) is 0 Å². The Morgan fingerprint density at radius 3 is 2.76 bits per heavy atom. The summed E-state index contributed by atoms with van der Waals surface area (Å²) in [6.45, 7) is 4.27. The molecule has 0 aromatic carbocycles. The Hall–Kier alpha value is -1.43. The average Bonchev–Trinajstić information content (AvgIpc) is 2.77. The molecule has 0 atom stereocenters. The lowest BCUT2D eigenvalue weighted by molar-refractivity contribution is 0.632. The molecule has 2 aromatic rings. The molecule has 3 N–H and O–H groups in total. The maximum absolute atomic E-state index is 5.86. The molecule has 0 unspecified atom stereocenters. The second-order valence-electron chi connectivity index (χ2n) is 4.23. The van der Waals surface area contributed by atoms with Crippen LogP contribution in [0.4, 0.5) is 5.82 Å². The minimum atomic E-state index is 0.446. The second-order valence-corrected chi connectivity index (χ2v) is 5.02. The molecule has 0 amide bonds. The van der Waals surface area contributed by atoms with E-state index in [2.05, 4.69) is 49.7 Å². The van der Waals surface area contributed by atoms with E-state index in [4.69, 9.17) is 5.73 Å². The van der Waals surface area contributed by atoms with Gasteiger partial charge in [0, 0.05) is 12.4 Å². The van der Waals surface area contributed by atoms with Gasteiger partial charge < -0.3 is 10.7 Å². The molecule has 0 aliphatic carbocycles. The lowest BCUT2D eigenvalue weighted by Gasteiger charge is -2.09. The number of nitrogens with zero attached hydrogens (tertiary/aromatic N) is 3. The highest BCUT2D eigenvalue weighted by Crippen LogP contribution is 2.25.